The summed E-state index contributed by atoms with van der Waals surface area (Å²) >= 11 is 0. The highest BCUT2D eigenvalue weighted by Gasteiger charge is 2.28. The van der Waals surface area contributed by atoms with Gasteiger partial charge in [-0.15, -0.1) is 0 Å². The molecule has 4 nitrogen and oxygen atoms in total. The summed E-state index contributed by atoms with van der Waals surface area (Å²) in [6.07, 6.45) is 1.71. The molecule has 0 bridgehead atoms. The maximum atomic E-state index is 11.1. The zero-order valence-electron chi connectivity index (χ0n) is 11.2. The lowest BCUT2D eigenvalue weighted by molar-refractivity contribution is 0.0656. The fraction of sp³-hybridized carbons (Fsp3) is 0.692. The maximum absolute atomic E-state index is 11.1. The van der Waals surface area contributed by atoms with Crippen LogP contribution < -0.4 is 0 Å². The smallest absolute Gasteiger partial charge is 0.373 e. The van der Waals surface area contributed by atoms with Gasteiger partial charge in [-0.2, -0.15) is 0 Å². The molecule has 0 aromatic carbocycles. The van der Waals surface area contributed by atoms with Gasteiger partial charge in [0.2, 0.25) is 5.76 Å². The Balaban J connectivity index is 3.09. The number of hydrogen-bond acceptors (Lipinski definition) is 3. The van der Waals surface area contributed by atoms with Crippen LogP contribution in [0.4, 0.5) is 0 Å². The van der Waals surface area contributed by atoms with Gasteiger partial charge in [0.15, 0.2) is 5.89 Å². The highest BCUT2D eigenvalue weighted by Crippen LogP contribution is 2.27. The standard InChI is InChI=1S/C13H21NO3/c1-6-8(2)7-9-14-11(13(3,4)5)10(17-9)12(15)16/h8H,6-7H2,1-5H3,(H,15,16). The normalized spacial score (nSPS) is 13.7. The van der Waals surface area contributed by atoms with Crippen molar-refractivity contribution in [2.24, 2.45) is 5.92 Å². The molecule has 1 aromatic rings. The minimum absolute atomic E-state index is 0.0178. The molecule has 0 radical (unpaired) electrons. The summed E-state index contributed by atoms with van der Waals surface area (Å²) in [6, 6.07) is 0. The molecule has 96 valence electrons. The largest absolute Gasteiger partial charge is 0.475 e. The van der Waals surface area contributed by atoms with Crippen LogP contribution in [0.5, 0.6) is 0 Å². The topological polar surface area (TPSA) is 63.3 Å². The average molecular weight is 239 g/mol. The van der Waals surface area contributed by atoms with Crippen LogP contribution in [0.25, 0.3) is 0 Å². The van der Waals surface area contributed by atoms with Gasteiger partial charge in [0.05, 0.1) is 5.69 Å². The predicted molar refractivity (Wildman–Crippen MR) is 65.3 cm³/mol. The van der Waals surface area contributed by atoms with E-state index in [2.05, 4.69) is 18.8 Å². The SMILES string of the molecule is CCC(C)Cc1nc(C(C)(C)C)c(C(=O)O)o1. The Morgan fingerprint density at radius 3 is 2.41 bits per heavy atom. The van der Waals surface area contributed by atoms with Gasteiger partial charge in [-0.05, 0) is 5.92 Å². The Kier molecular flexibility index (Phi) is 3.96. The molecule has 17 heavy (non-hydrogen) atoms. The van der Waals surface area contributed by atoms with Crippen molar-refractivity contribution in [1.29, 1.82) is 0 Å². The number of carbonyl (C=O) groups is 1. The third-order valence-corrected chi connectivity index (χ3v) is 2.80. The van der Waals surface area contributed by atoms with E-state index in [1.165, 1.54) is 0 Å². The van der Waals surface area contributed by atoms with Crippen LogP contribution in [-0.2, 0) is 11.8 Å². The summed E-state index contributed by atoms with van der Waals surface area (Å²) < 4.78 is 5.36. The second-order valence-electron chi connectivity index (χ2n) is 5.56. The minimum Gasteiger partial charge on any atom is -0.475 e. The van der Waals surface area contributed by atoms with Crippen LogP contribution >= 0.6 is 0 Å². The van der Waals surface area contributed by atoms with Gasteiger partial charge in [0.1, 0.15) is 0 Å². The molecule has 4 heteroatoms. The average Bonchev–Trinajstić information content (AvgIpc) is 2.61. The van der Waals surface area contributed by atoms with Crippen molar-refractivity contribution >= 4 is 5.97 Å². The Morgan fingerprint density at radius 2 is 2.06 bits per heavy atom. The van der Waals surface area contributed by atoms with Gasteiger partial charge in [-0.25, -0.2) is 9.78 Å². The zero-order valence-corrected chi connectivity index (χ0v) is 11.2. The van der Waals surface area contributed by atoms with E-state index in [0.717, 1.165) is 6.42 Å². The van der Waals surface area contributed by atoms with Crippen LogP contribution in [0, 0.1) is 5.92 Å². The highest BCUT2D eigenvalue weighted by molar-refractivity contribution is 5.86. The summed E-state index contributed by atoms with van der Waals surface area (Å²) in [6.45, 7) is 10.00. The first kappa shape index (κ1) is 13.7. The lowest BCUT2D eigenvalue weighted by atomic mass is 9.91. The molecular formula is C13H21NO3. The van der Waals surface area contributed by atoms with E-state index < -0.39 is 5.97 Å². The Morgan fingerprint density at radius 1 is 1.47 bits per heavy atom. The monoisotopic (exact) mass is 239 g/mol. The summed E-state index contributed by atoms with van der Waals surface area (Å²) in [4.78, 5) is 15.4. The van der Waals surface area contributed by atoms with Crippen molar-refractivity contribution in [3.05, 3.63) is 17.3 Å². The quantitative estimate of drug-likeness (QED) is 0.875. The summed E-state index contributed by atoms with van der Waals surface area (Å²) in [5.74, 6) is -0.0848. The van der Waals surface area contributed by atoms with Gasteiger partial charge in [0.25, 0.3) is 0 Å². The zero-order chi connectivity index (χ0) is 13.2. The number of aromatic nitrogens is 1. The number of nitrogens with zero attached hydrogens (tertiary/aromatic N) is 1. The van der Waals surface area contributed by atoms with E-state index in [0.29, 0.717) is 23.9 Å². The Hall–Kier alpha value is -1.32. The number of carboxylic acid groups (broad SMARTS) is 1. The molecule has 0 saturated heterocycles. The molecule has 1 unspecified atom stereocenters. The van der Waals surface area contributed by atoms with E-state index in [9.17, 15) is 4.79 Å². The second-order valence-corrected chi connectivity index (χ2v) is 5.56. The fourth-order valence-electron chi connectivity index (χ4n) is 1.55. The van der Waals surface area contributed by atoms with Crippen molar-refractivity contribution in [2.75, 3.05) is 0 Å². The molecule has 1 rings (SSSR count). The predicted octanol–water partition coefficient (Wildman–Crippen LogP) is 3.26. The van der Waals surface area contributed by atoms with Gasteiger partial charge in [-0.1, -0.05) is 41.0 Å². The van der Waals surface area contributed by atoms with Crippen LogP contribution in [0.15, 0.2) is 4.42 Å². The first-order valence-electron chi connectivity index (χ1n) is 5.99. The fourth-order valence-corrected chi connectivity index (χ4v) is 1.55. The molecule has 0 aliphatic rings. The van der Waals surface area contributed by atoms with Gasteiger partial charge in [0, 0.05) is 11.8 Å². The van der Waals surface area contributed by atoms with E-state index >= 15 is 0 Å². The Labute approximate surface area is 102 Å². The summed E-state index contributed by atoms with van der Waals surface area (Å²) in [7, 11) is 0. The summed E-state index contributed by atoms with van der Waals surface area (Å²) in [5.41, 5.74) is 0.216. The first-order valence-corrected chi connectivity index (χ1v) is 5.99. The van der Waals surface area contributed by atoms with Crippen LogP contribution in [0.2, 0.25) is 0 Å². The lowest BCUT2D eigenvalue weighted by Gasteiger charge is -2.14. The molecular weight excluding hydrogens is 218 g/mol. The molecule has 1 atom stereocenters. The molecule has 0 aliphatic heterocycles. The van der Waals surface area contributed by atoms with Gasteiger partial charge >= 0.3 is 5.97 Å². The van der Waals surface area contributed by atoms with Crippen LogP contribution in [0.1, 0.15) is 63.2 Å². The lowest BCUT2D eigenvalue weighted by Crippen LogP contribution is -2.16. The van der Waals surface area contributed by atoms with E-state index in [1.54, 1.807) is 0 Å². The van der Waals surface area contributed by atoms with Crippen molar-refractivity contribution in [3.8, 4) is 0 Å². The summed E-state index contributed by atoms with van der Waals surface area (Å²) in [5, 5.41) is 9.10. The molecule has 0 saturated carbocycles. The van der Waals surface area contributed by atoms with Gasteiger partial charge in [-0.3, -0.25) is 0 Å². The second kappa shape index (κ2) is 4.90. The third-order valence-electron chi connectivity index (χ3n) is 2.80. The Bertz CT molecular complexity index is 401. The van der Waals surface area contributed by atoms with Crippen molar-refractivity contribution in [1.82, 2.24) is 4.98 Å². The third kappa shape index (κ3) is 3.32. The molecule has 0 spiro atoms. The minimum atomic E-state index is -1.04. The molecule has 1 aromatic heterocycles. The van der Waals surface area contributed by atoms with Gasteiger partial charge < -0.3 is 9.52 Å². The van der Waals surface area contributed by atoms with Crippen molar-refractivity contribution in [2.45, 2.75) is 52.9 Å². The van der Waals surface area contributed by atoms with E-state index in [4.69, 9.17) is 9.52 Å². The van der Waals surface area contributed by atoms with Crippen molar-refractivity contribution < 1.29 is 14.3 Å². The van der Waals surface area contributed by atoms with E-state index in [-0.39, 0.29) is 11.2 Å². The molecule has 1 heterocycles. The molecule has 1 N–H and O–H groups in total. The maximum Gasteiger partial charge on any atom is 0.373 e. The molecule has 0 aliphatic carbocycles. The first-order chi connectivity index (χ1) is 7.75. The van der Waals surface area contributed by atoms with Crippen LogP contribution in [0.3, 0.4) is 0 Å². The molecule has 0 fully saturated rings. The number of aromatic carboxylic acids is 1. The molecule has 0 amide bonds. The number of carboxylic acids is 1. The van der Waals surface area contributed by atoms with E-state index in [1.807, 2.05) is 20.8 Å². The van der Waals surface area contributed by atoms with Crippen LogP contribution in [-0.4, -0.2) is 16.1 Å². The van der Waals surface area contributed by atoms with Crippen molar-refractivity contribution in [3.63, 3.8) is 0 Å². The highest BCUT2D eigenvalue weighted by atomic mass is 16.4. The number of rotatable bonds is 4. The number of hydrogen-bond donors (Lipinski definition) is 1. The number of oxazole rings is 1.